The summed E-state index contributed by atoms with van der Waals surface area (Å²) in [5.74, 6) is -2.03. The fourth-order valence-corrected chi connectivity index (χ4v) is 6.21. The number of amides is 2. The fourth-order valence-electron chi connectivity index (χ4n) is 4.16. The van der Waals surface area contributed by atoms with Crippen LogP contribution in [0.5, 0.6) is 0 Å². The molecule has 0 unspecified atom stereocenters. The molecule has 0 saturated carbocycles. The predicted octanol–water partition coefficient (Wildman–Crippen LogP) is 1.10. The molecule has 0 aromatic carbocycles. The summed E-state index contributed by atoms with van der Waals surface area (Å²) in [6.07, 6.45) is 5.39. The SMILES string of the molecule is CCON=C(C(=O)N[C@@H]1C(=O)N2C(C(=O)O)=C(C[n+]3ccn4cc(Cl)ccc43)CS[C@@H]12)c1csc(N)n1. The van der Waals surface area contributed by atoms with Crippen molar-refractivity contribution in [2.75, 3.05) is 18.1 Å². The molecule has 1 fully saturated rings. The molecule has 0 radical (unpaired) electrons. The van der Waals surface area contributed by atoms with E-state index in [0.29, 0.717) is 16.3 Å². The number of rotatable bonds is 8. The molecule has 5 rings (SSSR count). The molecule has 0 spiro atoms. The minimum absolute atomic E-state index is 0.0736. The molecular formula is C22H21ClN7O5S2+. The Kier molecular flexibility index (Phi) is 6.79. The van der Waals surface area contributed by atoms with Gasteiger partial charge in [0.2, 0.25) is 0 Å². The molecule has 15 heteroatoms. The number of anilines is 1. The molecule has 2 atom stereocenters. The number of carbonyl (C=O) groups excluding carboxylic acids is 2. The van der Waals surface area contributed by atoms with Crippen molar-refractivity contribution in [2.24, 2.45) is 5.16 Å². The number of fused-ring (bicyclic) bond motifs is 2. The van der Waals surface area contributed by atoms with Crippen molar-refractivity contribution in [1.29, 1.82) is 0 Å². The van der Waals surface area contributed by atoms with Crippen LogP contribution in [0.1, 0.15) is 12.6 Å². The number of nitrogen functional groups attached to an aromatic ring is 1. The van der Waals surface area contributed by atoms with E-state index in [4.69, 9.17) is 22.2 Å². The first-order chi connectivity index (χ1) is 17.8. The van der Waals surface area contributed by atoms with Crippen LogP contribution in [0.3, 0.4) is 0 Å². The first-order valence-electron chi connectivity index (χ1n) is 11.1. The van der Waals surface area contributed by atoms with Crippen LogP contribution in [0.2, 0.25) is 5.02 Å². The minimum atomic E-state index is -1.21. The molecule has 0 bridgehead atoms. The summed E-state index contributed by atoms with van der Waals surface area (Å²) in [5, 5.41) is 18.3. The third-order valence-corrected chi connectivity index (χ3v) is 8.02. The Hall–Kier alpha value is -3.62. The fraction of sp³-hybridized carbons (Fsp3) is 0.273. The average Bonchev–Trinajstić information content (AvgIpc) is 3.47. The van der Waals surface area contributed by atoms with Crippen molar-refractivity contribution < 1.29 is 28.9 Å². The first-order valence-corrected chi connectivity index (χ1v) is 13.4. The van der Waals surface area contributed by atoms with Gasteiger partial charge in [-0.15, -0.1) is 23.1 Å². The van der Waals surface area contributed by atoms with E-state index in [2.05, 4.69) is 15.5 Å². The lowest BCUT2D eigenvalue weighted by Gasteiger charge is -2.49. The van der Waals surface area contributed by atoms with E-state index in [1.165, 1.54) is 16.7 Å². The van der Waals surface area contributed by atoms with Crippen LogP contribution < -0.4 is 15.6 Å². The van der Waals surface area contributed by atoms with Crippen LogP contribution in [0, 0.1) is 0 Å². The number of carboxylic acid groups (broad SMARTS) is 1. The molecule has 5 heterocycles. The number of oxime groups is 1. The maximum absolute atomic E-state index is 13.1. The van der Waals surface area contributed by atoms with Gasteiger partial charge in [-0.3, -0.25) is 14.5 Å². The summed E-state index contributed by atoms with van der Waals surface area (Å²) < 4.78 is 3.72. The summed E-state index contributed by atoms with van der Waals surface area (Å²) in [4.78, 5) is 48.7. The van der Waals surface area contributed by atoms with Gasteiger partial charge in [0.05, 0.1) is 5.02 Å². The molecule has 192 valence electrons. The molecule has 2 aliphatic rings. The highest BCUT2D eigenvalue weighted by atomic mass is 35.5. The Morgan fingerprint density at radius 3 is 2.95 bits per heavy atom. The number of hydrogen-bond acceptors (Lipinski definition) is 9. The smallest absolute Gasteiger partial charge is 0.352 e. The van der Waals surface area contributed by atoms with Crippen LogP contribution in [0.4, 0.5) is 5.13 Å². The average molecular weight is 563 g/mol. The van der Waals surface area contributed by atoms with Crippen LogP contribution in [0.15, 0.2) is 52.5 Å². The van der Waals surface area contributed by atoms with Crippen molar-refractivity contribution in [3.63, 3.8) is 0 Å². The maximum atomic E-state index is 13.1. The highest BCUT2D eigenvalue weighted by Gasteiger charge is 2.54. The maximum Gasteiger partial charge on any atom is 0.352 e. The standard InChI is InChI=1S/C22H20ClN7O5S2/c1-2-35-27-15(13-10-37-22(24)25-13)18(31)26-16-19(32)30-17(21(33)34)11(9-36-20(16)30)7-28-5-6-29-8-12(23)3-4-14(28)29/h3-6,8,10,16,20H,2,7,9H2,1H3,(H3-,24,25,26,31,33,34)/p+1/t16-,20+/m1/s1. The number of nitrogens with zero attached hydrogens (tertiary/aromatic N) is 5. The predicted molar refractivity (Wildman–Crippen MR) is 137 cm³/mol. The topological polar surface area (TPSA) is 156 Å². The quantitative estimate of drug-likeness (QED) is 0.159. The number of hydrogen-bond donors (Lipinski definition) is 3. The molecule has 37 heavy (non-hydrogen) atoms. The van der Waals surface area contributed by atoms with Gasteiger partial charge in [-0.25, -0.2) is 18.7 Å². The van der Waals surface area contributed by atoms with E-state index >= 15 is 0 Å². The highest BCUT2D eigenvalue weighted by Crippen LogP contribution is 2.40. The van der Waals surface area contributed by atoms with Gasteiger partial charge >= 0.3 is 5.97 Å². The second kappa shape index (κ2) is 10.0. The monoisotopic (exact) mass is 562 g/mol. The summed E-state index contributed by atoms with van der Waals surface area (Å²) in [6, 6.07) is 2.65. The van der Waals surface area contributed by atoms with E-state index in [0.717, 1.165) is 17.0 Å². The van der Waals surface area contributed by atoms with Gasteiger partial charge in [0.15, 0.2) is 10.8 Å². The van der Waals surface area contributed by atoms with Crippen molar-refractivity contribution in [1.82, 2.24) is 19.6 Å². The van der Waals surface area contributed by atoms with Gasteiger partial charge in [0.25, 0.3) is 17.5 Å². The number of pyridine rings is 1. The van der Waals surface area contributed by atoms with E-state index in [1.807, 2.05) is 27.4 Å². The summed E-state index contributed by atoms with van der Waals surface area (Å²) >= 11 is 8.57. The lowest BCUT2D eigenvalue weighted by atomic mass is 10.0. The zero-order chi connectivity index (χ0) is 26.3. The number of aliphatic carboxylic acids is 1. The molecule has 3 aromatic heterocycles. The van der Waals surface area contributed by atoms with Crippen molar-refractivity contribution >= 4 is 69.0 Å². The highest BCUT2D eigenvalue weighted by molar-refractivity contribution is 8.00. The Balaban J connectivity index is 1.37. The number of nitrogens with one attached hydrogen (secondary N) is 1. The number of imidazole rings is 1. The van der Waals surface area contributed by atoms with E-state index in [-0.39, 0.29) is 35.4 Å². The number of nitrogens with two attached hydrogens (primary N) is 1. The molecule has 2 amide bonds. The van der Waals surface area contributed by atoms with Gasteiger partial charge in [0.1, 0.15) is 54.5 Å². The first kappa shape index (κ1) is 25.0. The lowest BCUT2D eigenvalue weighted by Crippen LogP contribution is -2.71. The van der Waals surface area contributed by atoms with Crippen LogP contribution in [-0.2, 0) is 25.8 Å². The molecule has 3 aromatic rings. The van der Waals surface area contributed by atoms with Gasteiger partial charge in [-0.05, 0) is 13.0 Å². The third kappa shape index (κ3) is 4.63. The number of aromatic nitrogens is 3. The number of thioether (sulfide) groups is 1. The Morgan fingerprint density at radius 1 is 1.43 bits per heavy atom. The molecule has 1 saturated heterocycles. The van der Waals surface area contributed by atoms with Gasteiger partial charge in [-0.2, -0.15) is 0 Å². The molecule has 2 aliphatic heterocycles. The molecular weight excluding hydrogens is 542 g/mol. The molecule has 0 aliphatic carbocycles. The number of thiazole rings is 1. The summed E-state index contributed by atoms with van der Waals surface area (Å²) in [6.45, 7) is 2.21. The lowest BCUT2D eigenvalue weighted by molar-refractivity contribution is -0.662. The number of halogens is 1. The van der Waals surface area contributed by atoms with Crippen LogP contribution >= 0.6 is 34.7 Å². The van der Waals surface area contributed by atoms with E-state index < -0.39 is 29.2 Å². The Morgan fingerprint density at radius 2 is 2.24 bits per heavy atom. The van der Waals surface area contributed by atoms with Gasteiger partial charge in [0, 0.05) is 22.8 Å². The third-order valence-electron chi connectivity index (χ3n) is 5.78. The minimum Gasteiger partial charge on any atom is -0.477 e. The number of carbonyl (C=O) groups is 3. The molecule has 4 N–H and O–H groups in total. The molecule has 12 nitrogen and oxygen atoms in total. The Labute approximate surface area is 223 Å². The van der Waals surface area contributed by atoms with Gasteiger partial charge in [-0.1, -0.05) is 16.8 Å². The second-order valence-electron chi connectivity index (χ2n) is 8.09. The number of β-lactam (4-membered cyclic amide) rings is 1. The summed E-state index contributed by atoms with van der Waals surface area (Å²) in [5.41, 5.74) is 7.11. The van der Waals surface area contributed by atoms with Crippen LogP contribution in [-0.4, -0.2) is 66.7 Å². The van der Waals surface area contributed by atoms with Crippen molar-refractivity contribution in [2.45, 2.75) is 24.9 Å². The number of carboxylic acids is 1. The normalized spacial score (nSPS) is 19.6. The van der Waals surface area contributed by atoms with Gasteiger partial charge < -0.3 is 21.0 Å². The zero-order valence-electron chi connectivity index (χ0n) is 19.3. The largest absolute Gasteiger partial charge is 0.477 e. The van der Waals surface area contributed by atoms with Crippen molar-refractivity contribution in [3.8, 4) is 0 Å². The zero-order valence-corrected chi connectivity index (χ0v) is 21.7. The second-order valence-corrected chi connectivity index (χ2v) is 10.5. The van der Waals surface area contributed by atoms with Crippen LogP contribution in [0.25, 0.3) is 5.65 Å². The Bertz CT molecular complexity index is 1480. The summed E-state index contributed by atoms with van der Waals surface area (Å²) in [7, 11) is 0. The van der Waals surface area contributed by atoms with E-state index in [9.17, 15) is 19.5 Å². The van der Waals surface area contributed by atoms with Crippen molar-refractivity contribution in [3.05, 3.63) is 58.1 Å². The van der Waals surface area contributed by atoms with E-state index in [1.54, 1.807) is 24.6 Å².